The molecule has 4 rings (SSSR count). The molecule has 4 aromatic rings. The number of benzene rings is 3. The van der Waals surface area contributed by atoms with E-state index in [0.717, 1.165) is 11.2 Å². The normalized spacial score (nSPS) is 10.8. The standard InChI is InChI=1S/C22H18FN3O3/c23-16-5-7-18(8-6-16)28-10-11-29-19-3-1-2-17(13-19)26-14-25-20-12-15(22(24)27)4-9-21(20)26/h1-9,12-14H,10-11H2,(H2,24,27). The fourth-order valence-electron chi connectivity index (χ4n) is 2.94. The number of imidazole rings is 1. The Hall–Kier alpha value is -3.87. The maximum absolute atomic E-state index is 12.9. The molecule has 0 unspecified atom stereocenters. The van der Waals surface area contributed by atoms with Crippen LogP contribution in [-0.4, -0.2) is 28.7 Å². The van der Waals surface area contributed by atoms with Crippen LogP contribution in [0, 0.1) is 5.82 Å². The van der Waals surface area contributed by atoms with E-state index in [1.165, 1.54) is 12.1 Å². The molecule has 0 atom stereocenters. The van der Waals surface area contributed by atoms with Crippen LogP contribution in [0.15, 0.2) is 73.1 Å². The molecule has 0 spiro atoms. The molecule has 29 heavy (non-hydrogen) atoms. The summed E-state index contributed by atoms with van der Waals surface area (Å²) >= 11 is 0. The van der Waals surface area contributed by atoms with Crippen molar-refractivity contribution in [1.82, 2.24) is 9.55 Å². The number of nitrogens with two attached hydrogens (primary N) is 1. The van der Waals surface area contributed by atoms with Crippen LogP contribution in [0.25, 0.3) is 16.7 Å². The molecule has 0 saturated carbocycles. The van der Waals surface area contributed by atoms with Crippen LogP contribution in [0.2, 0.25) is 0 Å². The first-order valence-electron chi connectivity index (χ1n) is 8.99. The van der Waals surface area contributed by atoms with Crippen molar-refractivity contribution in [2.75, 3.05) is 13.2 Å². The van der Waals surface area contributed by atoms with E-state index in [4.69, 9.17) is 15.2 Å². The summed E-state index contributed by atoms with van der Waals surface area (Å²) in [6.07, 6.45) is 1.69. The summed E-state index contributed by atoms with van der Waals surface area (Å²) in [4.78, 5) is 15.7. The number of halogens is 1. The van der Waals surface area contributed by atoms with Crippen LogP contribution in [0.3, 0.4) is 0 Å². The van der Waals surface area contributed by atoms with Gasteiger partial charge in [0, 0.05) is 11.6 Å². The minimum absolute atomic E-state index is 0.303. The highest BCUT2D eigenvalue weighted by Gasteiger charge is 2.08. The summed E-state index contributed by atoms with van der Waals surface area (Å²) in [5.74, 6) is 0.479. The van der Waals surface area contributed by atoms with Crippen molar-refractivity contribution in [3.05, 3.63) is 84.4 Å². The van der Waals surface area contributed by atoms with E-state index in [-0.39, 0.29) is 5.82 Å². The van der Waals surface area contributed by atoms with Crippen molar-refractivity contribution in [1.29, 1.82) is 0 Å². The highest BCUT2D eigenvalue weighted by atomic mass is 19.1. The lowest BCUT2D eigenvalue weighted by Crippen LogP contribution is -2.10. The molecule has 1 aromatic heterocycles. The van der Waals surface area contributed by atoms with Crippen molar-refractivity contribution in [2.24, 2.45) is 5.73 Å². The first-order chi connectivity index (χ1) is 14.1. The number of amides is 1. The predicted octanol–water partition coefficient (Wildman–Crippen LogP) is 3.72. The zero-order valence-corrected chi connectivity index (χ0v) is 15.4. The van der Waals surface area contributed by atoms with Crippen molar-refractivity contribution in [2.45, 2.75) is 0 Å². The van der Waals surface area contributed by atoms with E-state index in [1.807, 2.05) is 34.9 Å². The lowest BCUT2D eigenvalue weighted by Gasteiger charge is -2.10. The Morgan fingerprint density at radius 3 is 2.48 bits per heavy atom. The van der Waals surface area contributed by atoms with Gasteiger partial charge in [0.05, 0.1) is 16.7 Å². The van der Waals surface area contributed by atoms with Gasteiger partial charge < -0.3 is 15.2 Å². The van der Waals surface area contributed by atoms with Gasteiger partial charge in [0.25, 0.3) is 0 Å². The molecular formula is C22H18FN3O3. The number of carbonyl (C=O) groups excluding carboxylic acids is 1. The Bertz CT molecular complexity index is 1160. The fraction of sp³-hybridized carbons (Fsp3) is 0.0909. The zero-order chi connectivity index (χ0) is 20.2. The molecule has 3 aromatic carbocycles. The first kappa shape index (κ1) is 18.5. The molecule has 0 fully saturated rings. The van der Waals surface area contributed by atoms with Crippen LogP contribution in [0.4, 0.5) is 4.39 Å². The van der Waals surface area contributed by atoms with Crippen LogP contribution >= 0.6 is 0 Å². The quantitative estimate of drug-likeness (QED) is 0.487. The van der Waals surface area contributed by atoms with Crippen LogP contribution in [0.1, 0.15) is 10.4 Å². The summed E-state index contributed by atoms with van der Waals surface area (Å²) < 4.78 is 26.1. The van der Waals surface area contributed by atoms with E-state index in [2.05, 4.69) is 4.98 Å². The molecule has 0 aliphatic heterocycles. The number of hydrogen-bond donors (Lipinski definition) is 1. The molecule has 0 aliphatic carbocycles. The average Bonchev–Trinajstić information content (AvgIpc) is 3.16. The molecule has 0 aliphatic rings. The zero-order valence-electron chi connectivity index (χ0n) is 15.4. The maximum atomic E-state index is 12.9. The smallest absolute Gasteiger partial charge is 0.248 e. The third-order valence-electron chi connectivity index (χ3n) is 4.36. The van der Waals surface area contributed by atoms with Crippen molar-refractivity contribution < 1.29 is 18.7 Å². The largest absolute Gasteiger partial charge is 0.490 e. The third-order valence-corrected chi connectivity index (χ3v) is 4.36. The minimum atomic E-state index is -0.486. The fourth-order valence-corrected chi connectivity index (χ4v) is 2.94. The van der Waals surface area contributed by atoms with Crippen LogP contribution in [0.5, 0.6) is 11.5 Å². The second-order valence-corrected chi connectivity index (χ2v) is 6.33. The molecule has 7 heteroatoms. The molecule has 146 valence electrons. The minimum Gasteiger partial charge on any atom is -0.490 e. The summed E-state index contributed by atoms with van der Waals surface area (Å²) in [6.45, 7) is 0.674. The number of hydrogen-bond acceptors (Lipinski definition) is 4. The summed E-state index contributed by atoms with van der Waals surface area (Å²) in [5, 5.41) is 0. The van der Waals surface area contributed by atoms with Gasteiger partial charge in [-0.25, -0.2) is 9.37 Å². The van der Waals surface area contributed by atoms with Crippen LogP contribution in [-0.2, 0) is 0 Å². The number of ether oxygens (including phenoxy) is 2. The maximum Gasteiger partial charge on any atom is 0.248 e. The van der Waals surface area contributed by atoms with Gasteiger partial charge in [0.1, 0.15) is 36.9 Å². The molecule has 2 N–H and O–H groups in total. The Labute approximate surface area is 166 Å². The van der Waals surface area contributed by atoms with Gasteiger partial charge in [-0.1, -0.05) is 6.07 Å². The van der Waals surface area contributed by atoms with E-state index >= 15 is 0 Å². The number of primary amides is 1. The highest BCUT2D eigenvalue weighted by molar-refractivity contribution is 5.96. The van der Waals surface area contributed by atoms with E-state index in [0.29, 0.717) is 35.8 Å². The van der Waals surface area contributed by atoms with Crippen molar-refractivity contribution in [3.8, 4) is 17.2 Å². The molecule has 0 saturated heterocycles. The predicted molar refractivity (Wildman–Crippen MR) is 107 cm³/mol. The third kappa shape index (κ3) is 4.19. The van der Waals surface area contributed by atoms with Gasteiger partial charge in [-0.2, -0.15) is 0 Å². The average molecular weight is 391 g/mol. The summed E-state index contributed by atoms with van der Waals surface area (Å²) in [7, 11) is 0. The Morgan fingerprint density at radius 2 is 1.72 bits per heavy atom. The molecule has 0 radical (unpaired) electrons. The number of aromatic nitrogens is 2. The van der Waals surface area contributed by atoms with Gasteiger partial charge in [-0.15, -0.1) is 0 Å². The first-order valence-corrected chi connectivity index (χ1v) is 8.99. The topological polar surface area (TPSA) is 79.4 Å². The number of rotatable bonds is 7. The van der Waals surface area contributed by atoms with Crippen molar-refractivity contribution >= 4 is 16.9 Å². The molecule has 6 nitrogen and oxygen atoms in total. The summed E-state index contributed by atoms with van der Waals surface area (Å²) in [6, 6.07) is 18.6. The second kappa shape index (κ2) is 8.02. The molecule has 0 bridgehead atoms. The van der Waals surface area contributed by atoms with Gasteiger partial charge in [-0.3, -0.25) is 9.36 Å². The van der Waals surface area contributed by atoms with E-state index in [9.17, 15) is 9.18 Å². The lowest BCUT2D eigenvalue weighted by atomic mass is 10.2. The number of carbonyl (C=O) groups is 1. The summed E-state index contributed by atoms with van der Waals surface area (Å²) in [5.41, 5.74) is 8.15. The van der Waals surface area contributed by atoms with E-state index in [1.54, 1.807) is 30.6 Å². The number of fused-ring (bicyclic) bond motifs is 1. The molecule has 1 amide bonds. The lowest BCUT2D eigenvalue weighted by molar-refractivity contribution is 0.100. The SMILES string of the molecule is NC(=O)c1ccc2c(c1)ncn2-c1cccc(OCCOc2ccc(F)cc2)c1. The number of nitrogens with zero attached hydrogens (tertiary/aromatic N) is 2. The molecular weight excluding hydrogens is 373 g/mol. The van der Waals surface area contributed by atoms with Crippen LogP contribution < -0.4 is 15.2 Å². The van der Waals surface area contributed by atoms with Gasteiger partial charge in [0.15, 0.2) is 0 Å². The molecule has 1 heterocycles. The Morgan fingerprint density at radius 1 is 0.966 bits per heavy atom. The van der Waals surface area contributed by atoms with Gasteiger partial charge >= 0.3 is 0 Å². The van der Waals surface area contributed by atoms with Crippen molar-refractivity contribution in [3.63, 3.8) is 0 Å². The van der Waals surface area contributed by atoms with Gasteiger partial charge in [0.2, 0.25) is 5.91 Å². The second-order valence-electron chi connectivity index (χ2n) is 6.33. The Kier molecular flexibility index (Phi) is 5.11. The highest BCUT2D eigenvalue weighted by Crippen LogP contribution is 2.22. The monoisotopic (exact) mass is 391 g/mol. The van der Waals surface area contributed by atoms with E-state index < -0.39 is 5.91 Å². The Balaban J connectivity index is 1.44. The van der Waals surface area contributed by atoms with Gasteiger partial charge in [-0.05, 0) is 54.6 Å².